The number of nitrogens with zero attached hydrogens (tertiary/aromatic N) is 1. The second-order valence-electron chi connectivity index (χ2n) is 5.52. The van der Waals surface area contributed by atoms with E-state index in [4.69, 9.17) is 0 Å². The third-order valence-corrected chi connectivity index (χ3v) is 4.18. The minimum Gasteiger partial charge on any atom is -0.375 e. The number of hydrogen-bond acceptors (Lipinski definition) is 3. The molecule has 1 amide bonds. The first kappa shape index (κ1) is 13.0. The molecule has 2 N–H and O–H groups in total. The molecule has 4 rings (SSSR count). The lowest BCUT2D eigenvalue weighted by Crippen LogP contribution is -2.36. The first-order valence-corrected chi connectivity index (χ1v) is 7.14. The summed E-state index contributed by atoms with van der Waals surface area (Å²) in [5.74, 6) is -0.380. The number of rotatable bonds is 2. The lowest BCUT2D eigenvalue weighted by molar-refractivity contribution is -0.133. The van der Waals surface area contributed by atoms with Gasteiger partial charge in [-0.05, 0) is 23.8 Å². The monoisotopic (exact) mass is 290 g/mol. The summed E-state index contributed by atoms with van der Waals surface area (Å²) in [6.07, 6.45) is 1.93. The Balaban J connectivity index is 1.84. The van der Waals surface area contributed by atoms with Gasteiger partial charge < -0.3 is 10.4 Å². The number of fused-ring (bicyclic) bond motifs is 2. The molecule has 0 spiro atoms. The Kier molecular flexibility index (Phi) is 2.74. The van der Waals surface area contributed by atoms with Gasteiger partial charge in [-0.3, -0.25) is 9.78 Å². The molecule has 0 radical (unpaired) electrons. The Labute approximate surface area is 127 Å². The maximum atomic E-state index is 12.3. The number of carbonyl (C=O) groups is 1. The van der Waals surface area contributed by atoms with Gasteiger partial charge in [0.05, 0.1) is 5.52 Å². The molecule has 2 heterocycles. The predicted molar refractivity (Wildman–Crippen MR) is 84.4 cm³/mol. The van der Waals surface area contributed by atoms with Crippen LogP contribution in [-0.2, 0) is 16.8 Å². The fourth-order valence-corrected chi connectivity index (χ4v) is 3.06. The number of benzene rings is 2. The first-order chi connectivity index (χ1) is 10.7. The van der Waals surface area contributed by atoms with Crippen molar-refractivity contribution in [3.8, 4) is 0 Å². The summed E-state index contributed by atoms with van der Waals surface area (Å²) in [4.78, 5) is 16.6. The van der Waals surface area contributed by atoms with E-state index in [2.05, 4.69) is 10.3 Å². The van der Waals surface area contributed by atoms with Crippen molar-refractivity contribution in [3.63, 3.8) is 0 Å². The summed E-state index contributed by atoms with van der Waals surface area (Å²) in [5.41, 5.74) is 1.52. The highest BCUT2D eigenvalue weighted by Crippen LogP contribution is 2.38. The van der Waals surface area contributed by atoms with Crippen LogP contribution in [0.15, 0.2) is 60.8 Å². The van der Waals surface area contributed by atoms with Crippen LogP contribution in [0.5, 0.6) is 0 Å². The Morgan fingerprint density at radius 2 is 1.82 bits per heavy atom. The molecular weight excluding hydrogens is 276 g/mol. The van der Waals surface area contributed by atoms with Gasteiger partial charge in [-0.2, -0.15) is 0 Å². The molecule has 1 atom stereocenters. The fraction of sp³-hybridized carbons (Fsp3) is 0.111. The number of aliphatic hydroxyl groups is 1. The van der Waals surface area contributed by atoms with Gasteiger partial charge in [0.1, 0.15) is 0 Å². The second-order valence-corrected chi connectivity index (χ2v) is 5.52. The van der Waals surface area contributed by atoms with Crippen LogP contribution in [0.2, 0.25) is 0 Å². The van der Waals surface area contributed by atoms with E-state index >= 15 is 0 Å². The number of hydrogen-bond donors (Lipinski definition) is 2. The van der Waals surface area contributed by atoms with E-state index < -0.39 is 5.60 Å². The molecule has 0 saturated heterocycles. The van der Waals surface area contributed by atoms with Gasteiger partial charge in [0.15, 0.2) is 5.60 Å². The van der Waals surface area contributed by atoms with E-state index in [1.165, 1.54) is 0 Å². The number of nitrogens with one attached hydrogen (secondary N) is 1. The van der Waals surface area contributed by atoms with E-state index in [0.717, 1.165) is 16.5 Å². The number of aromatic nitrogens is 1. The number of anilines is 1. The molecule has 0 saturated carbocycles. The summed E-state index contributed by atoms with van der Waals surface area (Å²) in [5, 5.41) is 14.7. The maximum Gasteiger partial charge on any atom is 0.261 e. The molecule has 108 valence electrons. The molecule has 4 nitrogen and oxygen atoms in total. The van der Waals surface area contributed by atoms with Crippen LogP contribution >= 0.6 is 0 Å². The van der Waals surface area contributed by atoms with Gasteiger partial charge >= 0.3 is 0 Å². The molecule has 1 aliphatic heterocycles. The van der Waals surface area contributed by atoms with E-state index in [-0.39, 0.29) is 12.3 Å². The van der Waals surface area contributed by atoms with E-state index in [0.29, 0.717) is 11.3 Å². The lowest BCUT2D eigenvalue weighted by atomic mass is 9.87. The van der Waals surface area contributed by atoms with E-state index in [9.17, 15) is 9.90 Å². The molecule has 4 heteroatoms. The van der Waals surface area contributed by atoms with Gasteiger partial charge in [0.25, 0.3) is 5.91 Å². The van der Waals surface area contributed by atoms with Crippen molar-refractivity contribution < 1.29 is 9.90 Å². The van der Waals surface area contributed by atoms with Gasteiger partial charge in [-0.1, -0.05) is 36.4 Å². The largest absolute Gasteiger partial charge is 0.375 e. The summed E-state index contributed by atoms with van der Waals surface area (Å²) in [6.45, 7) is 0. The Bertz CT molecular complexity index is 886. The average Bonchev–Trinajstić information content (AvgIpc) is 2.79. The van der Waals surface area contributed by atoms with Gasteiger partial charge in [0, 0.05) is 29.3 Å². The third-order valence-electron chi connectivity index (χ3n) is 4.18. The zero-order valence-electron chi connectivity index (χ0n) is 11.8. The Morgan fingerprint density at radius 3 is 2.73 bits per heavy atom. The van der Waals surface area contributed by atoms with Crippen LogP contribution in [0.1, 0.15) is 11.1 Å². The highest BCUT2D eigenvalue weighted by atomic mass is 16.3. The fourth-order valence-electron chi connectivity index (χ4n) is 3.06. The highest BCUT2D eigenvalue weighted by molar-refractivity contribution is 6.05. The van der Waals surface area contributed by atoms with Gasteiger partial charge in [0.2, 0.25) is 0 Å². The minimum absolute atomic E-state index is 0.221. The minimum atomic E-state index is -1.54. The summed E-state index contributed by atoms with van der Waals surface area (Å²) < 4.78 is 0. The van der Waals surface area contributed by atoms with Crippen molar-refractivity contribution in [1.82, 2.24) is 4.98 Å². The smallest absolute Gasteiger partial charge is 0.261 e. The molecule has 1 aliphatic rings. The highest BCUT2D eigenvalue weighted by Gasteiger charge is 2.45. The molecule has 0 fully saturated rings. The normalized spacial score (nSPS) is 20.0. The number of pyridine rings is 1. The molecule has 22 heavy (non-hydrogen) atoms. The molecular formula is C18H14N2O2. The SMILES string of the molecule is O=C1Nc2ccccc2[C@@]1(O)Cc1ccnc2ccccc12. The Hall–Kier alpha value is -2.72. The topological polar surface area (TPSA) is 62.2 Å². The van der Waals surface area contributed by atoms with Gasteiger partial charge in [-0.25, -0.2) is 0 Å². The Morgan fingerprint density at radius 1 is 1.05 bits per heavy atom. The summed E-state index contributed by atoms with van der Waals surface area (Å²) in [6, 6.07) is 16.8. The number of para-hydroxylation sites is 2. The molecule has 0 unspecified atom stereocenters. The van der Waals surface area contributed by atoms with Crippen LogP contribution in [0.4, 0.5) is 5.69 Å². The van der Waals surface area contributed by atoms with Crippen molar-refractivity contribution in [3.05, 3.63) is 71.9 Å². The van der Waals surface area contributed by atoms with Crippen molar-refractivity contribution in [2.24, 2.45) is 0 Å². The predicted octanol–water partition coefficient (Wildman–Crippen LogP) is 2.62. The lowest BCUT2D eigenvalue weighted by Gasteiger charge is -2.21. The zero-order chi connectivity index (χ0) is 15.2. The zero-order valence-corrected chi connectivity index (χ0v) is 11.8. The van der Waals surface area contributed by atoms with Crippen molar-refractivity contribution >= 4 is 22.5 Å². The first-order valence-electron chi connectivity index (χ1n) is 7.14. The molecule has 0 bridgehead atoms. The third kappa shape index (κ3) is 1.81. The molecule has 0 aliphatic carbocycles. The molecule has 2 aromatic carbocycles. The molecule has 1 aromatic heterocycles. The van der Waals surface area contributed by atoms with Crippen molar-refractivity contribution in [2.75, 3.05) is 5.32 Å². The van der Waals surface area contributed by atoms with Crippen LogP contribution in [0.3, 0.4) is 0 Å². The van der Waals surface area contributed by atoms with Gasteiger partial charge in [-0.15, -0.1) is 0 Å². The maximum absolute atomic E-state index is 12.3. The van der Waals surface area contributed by atoms with Crippen LogP contribution in [0.25, 0.3) is 10.9 Å². The number of carbonyl (C=O) groups excluding carboxylic acids is 1. The van der Waals surface area contributed by atoms with Crippen LogP contribution < -0.4 is 5.32 Å². The molecule has 3 aromatic rings. The van der Waals surface area contributed by atoms with E-state index in [1.807, 2.05) is 42.5 Å². The van der Waals surface area contributed by atoms with Crippen LogP contribution in [0, 0.1) is 0 Å². The standard InChI is InChI=1S/C18H14N2O2/c21-17-18(22,14-6-2-4-8-16(14)20-17)11-12-9-10-19-15-7-3-1-5-13(12)15/h1-10,22H,11H2,(H,20,21)/t18-/m0/s1. The quantitative estimate of drug-likeness (QED) is 0.762. The summed E-state index contributed by atoms with van der Waals surface area (Å²) in [7, 11) is 0. The summed E-state index contributed by atoms with van der Waals surface area (Å²) >= 11 is 0. The average molecular weight is 290 g/mol. The van der Waals surface area contributed by atoms with Crippen LogP contribution in [-0.4, -0.2) is 16.0 Å². The van der Waals surface area contributed by atoms with Crippen molar-refractivity contribution in [2.45, 2.75) is 12.0 Å². The van der Waals surface area contributed by atoms with E-state index in [1.54, 1.807) is 18.3 Å². The number of amides is 1. The van der Waals surface area contributed by atoms with Crippen molar-refractivity contribution in [1.29, 1.82) is 0 Å². The second kappa shape index (κ2) is 4.64.